The third-order valence-electron chi connectivity index (χ3n) is 5.86. The van der Waals surface area contributed by atoms with E-state index in [9.17, 15) is 13.2 Å². The lowest BCUT2D eigenvalue weighted by Crippen LogP contribution is -2.50. The van der Waals surface area contributed by atoms with Crippen LogP contribution in [0.25, 0.3) is 11.0 Å². The summed E-state index contributed by atoms with van der Waals surface area (Å²) in [6.07, 6.45) is 1.90. The van der Waals surface area contributed by atoms with E-state index in [0.29, 0.717) is 31.1 Å². The Bertz CT molecular complexity index is 1190. The number of amides is 1. The van der Waals surface area contributed by atoms with Crippen molar-refractivity contribution in [3.05, 3.63) is 64.9 Å². The quantitative estimate of drug-likeness (QED) is 0.641. The molecule has 0 atom stereocenters. The molecule has 7 heteroatoms. The highest BCUT2D eigenvalue weighted by Crippen LogP contribution is 2.26. The SMILES string of the molecule is Cc1ccc(S(=O)(=O)N2CCN(C(=O)Cc3coc4cc(C)c(C)cc34)CC2)cc1. The maximum absolute atomic E-state index is 12.8. The van der Waals surface area contributed by atoms with Crippen molar-refractivity contribution in [3.8, 4) is 0 Å². The maximum atomic E-state index is 12.8. The van der Waals surface area contributed by atoms with Gasteiger partial charge in [0.15, 0.2) is 0 Å². The summed E-state index contributed by atoms with van der Waals surface area (Å²) >= 11 is 0. The van der Waals surface area contributed by atoms with Crippen molar-refractivity contribution in [3.63, 3.8) is 0 Å². The zero-order chi connectivity index (χ0) is 21.5. The van der Waals surface area contributed by atoms with Gasteiger partial charge in [0.2, 0.25) is 15.9 Å². The van der Waals surface area contributed by atoms with Crippen molar-refractivity contribution in [2.24, 2.45) is 0 Å². The van der Waals surface area contributed by atoms with Gasteiger partial charge in [-0.2, -0.15) is 4.31 Å². The molecule has 0 N–H and O–H groups in total. The van der Waals surface area contributed by atoms with Crippen LogP contribution in [-0.4, -0.2) is 49.7 Å². The summed E-state index contributed by atoms with van der Waals surface area (Å²) in [5.41, 5.74) is 4.98. The predicted molar refractivity (Wildman–Crippen MR) is 116 cm³/mol. The first-order valence-electron chi connectivity index (χ1n) is 10.1. The third kappa shape index (κ3) is 3.87. The number of hydrogen-bond acceptors (Lipinski definition) is 4. The number of benzene rings is 2. The Hall–Kier alpha value is -2.64. The smallest absolute Gasteiger partial charge is 0.243 e. The molecule has 0 spiro atoms. The fourth-order valence-electron chi connectivity index (χ4n) is 3.79. The number of sulfonamides is 1. The molecular weight excluding hydrogens is 400 g/mol. The molecule has 0 radical (unpaired) electrons. The number of aryl methyl sites for hydroxylation is 3. The lowest BCUT2D eigenvalue weighted by Gasteiger charge is -2.34. The molecule has 3 aromatic rings. The first kappa shape index (κ1) is 20.6. The average Bonchev–Trinajstić information content (AvgIpc) is 3.10. The molecule has 1 amide bonds. The monoisotopic (exact) mass is 426 g/mol. The minimum Gasteiger partial charge on any atom is -0.464 e. The van der Waals surface area contributed by atoms with Gasteiger partial charge in [-0.15, -0.1) is 0 Å². The van der Waals surface area contributed by atoms with Crippen molar-refractivity contribution >= 4 is 26.9 Å². The molecule has 0 unspecified atom stereocenters. The predicted octanol–water partition coefficient (Wildman–Crippen LogP) is 3.43. The molecule has 2 heterocycles. The minimum atomic E-state index is -3.54. The molecule has 0 bridgehead atoms. The largest absolute Gasteiger partial charge is 0.464 e. The molecule has 1 aliphatic rings. The number of furan rings is 1. The van der Waals surface area contributed by atoms with E-state index in [2.05, 4.69) is 6.07 Å². The topological polar surface area (TPSA) is 70.8 Å². The van der Waals surface area contributed by atoms with Crippen LogP contribution in [0.3, 0.4) is 0 Å². The Morgan fingerprint density at radius 2 is 1.60 bits per heavy atom. The standard InChI is InChI=1S/C23H26N2O4S/c1-16-4-6-20(7-5-16)30(27,28)25-10-8-24(9-11-25)23(26)14-19-15-29-22-13-18(3)17(2)12-21(19)22/h4-7,12-13,15H,8-11,14H2,1-3H3. The first-order chi connectivity index (χ1) is 14.3. The number of hydrogen-bond donors (Lipinski definition) is 0. The first-order valence-corrected chi connectivity index (χ1v) is 11.5. The normalized spacial score (nSPS) is 15.6. The van der Waals surface area contributed by atoms with Crippen LogP contribution in [0.5, 0.6) is 0 Å². The number of fused-ring (bicyclic) bond motifs is 1. The molecule has 30 heavy (non-hydrogen) atoms. The number of rotatable bonds is 4. The van der Waals surface area contributed by atoms with Gasteiger partial charge >= 0.3 is 0 Å². The van der Waals surface area contributed by atoms with Crippen LogP contribution < -0.4 is 0 Å². The van der Waals surface area contributed by atoms with E-state index >= 15 is 0 Å². The lowest BCUT2D eigenvalue weighted by molar-refractivity contribution is -0.131. The van der Waals surface area contributed by atoms with Crippen LogP contribution in [-0.2, 0) is 21.2 Å². The second-order valence-electron chi connectivity index (χ2n) is 7.97. The van der Waals surface area contributed by atoms with E-state index in [1.54, 1.807) is 35.4 Å². The molecule has 6 nitrogen and oxygen atoms in total. The van der Waals surface area contributed by atoms with Gasteiger partial charge in [0.05, 0.1) is 17.6 Å². The summed E-state index contributed by atoms with van der Waals surface area (Å²) in [5, 5.41) is 0.965. The van der Waals surface area contributed by atoms with E-state index in [1.165, 1.54) is 4.31 Å². The maximum Gasteiger partial charge on any atom is 0.243 e. The van der Waals surface area contributed by atoms with Crippen molar-refractivity contribution in [2.75, 3.05) is 26.2 Å². The number of nitrogens with zero attached hydrogens (tertiary/aromatic N) is 2. The van der Waals surface area contributed by atoms with Crippen LogP contribution in [0.4, 0.5) is 0 Å². The van der Waals surface area contributed by atoms with Crippen molar-refractivity contribution in [1.82, 2.24) is 9.21 Å². The van der Waals surface area contributed by atoms with E-state index in [1.807, 2.05) is 26.8 Å². The highest BCUT2D eigenvalue weighted by molar-refractivity contribution is 7.89. The van der Waals surface area contributed by atoms with E-state index < -0.39 is 10.0 Å². The molecule has 1 aromatic heterocycles. The van der Waals surface area contributed by atoms with Gasteiger partial charge in [-0.1, -0.05) is 17.7 Å². The molecule has 0 saturated carbocycles. The summed E-state index contributed by atoms with van der Waals surface area (Å²) in [6, 6.07) is 10.9. The van der Waals surface area contributed by atoms with Crippen LogP contribution in [0, 0.1) is 20.8 Å². The number of piperazine rings is 1. The molecule has 158 valence electrons. The second kappa shape index (κ2) is 7.89. The summed E-state index contributed by atoms with van der Waals surface area (Å²) in [6.45, 7) is 7.37. The van der Waals surface area contributed by atoms with Crippen LogP contribution >= 0.6 is 0 Å². The van der Waals surface area contributed by atoms with Gasteiger partial charge < -0.3 is 9.32 Å². The molecule has 2 aromatic carbocycles. The van der Waals surface area contributed by atoms with E-state index in [-0.39, 0.29) is 12.3 Å². The van der Waals surface area contributed by atoms with Gasteiger partial charge in [-0.25, -0.2) is 8.42 Å². The molecule has 4 rings (SSSR count). The zero-order valence-electron chi connectivity index (χ0n) is 17.5. The zero-order valence-corrected chi connectivity index (χ0v) is 18.3. The van der Waals surface area contributed by atoms with Gasteiger partial charge in [0.1, 0.15) is 5.58 Å². The van der Waals surface area contributed by atoms with Crippen LogP contribution in [0.2, 0.25) is 0 Å². The molecule has 1 aliphatic heterocycles. The fraction of sp³-hybridized carbons (Fsp3) is 0.348. The molecule has 1 fully saturated rings. The van der Waals surface area contributed by atoms with Crippen molar-refractivity contribution < 1.29 is 17.6 Å². The van der Waals surface area contributed by atoms with Crippen LogP contribution in [0.15, 0.2) is 52.0 Å². The fourth-order valence-corrected chi connectivity index (χ4v) is 5.21. The summed E-state index contributed by atoms with van der Waals surface area (Å²) in [7, 11) is -3.54. The summed E-state index contributed by atoms with van der Waals surface area (Å²) < 4.78 is 32.8. The van der Waals surface area contributed by atoms with Crippen molar-refractivity contribution in [1.29, 1.82) is 0 Å². The Balaban J connectivity index is 1.42. The highest BCUT2D eigenvalue weighted by atomic mass is 32.2. The number of carbonyl (C=O) groups excluding carboxylic acids is 1. The third-order valence-corrected chi connectivity index (χ3v) is 7.77. The second-order valence-corrected chi connectivity index (χ2v) is 9.91. The Morgan fingerprint density at radius 1 is 0.967 bits per heavy atom. The molecule has 0 aliphatic carbocycles. The summed E-state index contributed by atoms with van der Waals surface area (Å²) in [5.74, 6) is -0.0108. The average molecular weight is 427 g/mol. The van der Waals surface area contributed by atoms with Crippen molar-refractivity contribution in [2.45, 2.75) is 32.1 Å². The van der Waals surface area contributed by atoms with Gasteiger partial charge in [-0.3, -0.25) is 4.79 Å². The lowest BCUT2D eigenvalue weighted by atomic mass is 10.0. The summed E-state index contributed by atoms with van der Waals surface area (Å²) in [4.78, 5) is 14.9. The Morgan fingerprint density at radius 3 is 2.27 bits per heavy atom. The Kier molecular flexibility index (Phi) is 5.42. The van der Waals surface area contributed by atoms with Gasteiger partial charge in [0.25, 0.3) is 0 Å². The number of carbonyl (C=O) groups is 1. The van der Waals surface area contributed by atoms with Crippen LogP contribution in [0.1, 0.15) is 22.3 Å². The van der Waals surface area contributed by atoms with Gasteiger partial charge in [0, 0.05) is 37.1 Å². The highest BCUT2D eigenvalue weighted by Gasteiger charge is 2.30. The van der Waals surface area contributed by atoms with E-state index in [4.69, 9.17) is 4.42 Å². The molecular formula is C23H26N2O4S. The van der Waals surface area contributed by atoms with Gasteiger partial charge in [-0.05, 0) is 56.2 Å². The minimum absolute atomic E-state index is 0.0108. The molecule has 1 saturated heterocycles. The Labute approximate surface area is 177 Å². The van der Waals surface area contributed by atoms with E-state index in [0.717, 1.165) is 33.2 Å².